The van der Waals surface area contributed by atoms with Crippen LogP contribution in [0.3, 0.4) is 0 Å². The first-order valence-electron chi connectivity index (χ1n) is 6.35. The molecule has 17 heavy (non-hydrogen) atoms. The van der Waals surface area contributed by atoms with Crippen molar-refractivity contribution in [3.63, 3.8) is 0 Å². The SMILES string of the molecule is Cc1nc(N(CC(C)C)CC(C)C)sc1CN. The van der Waals surface area contributed by atoms with Crippen molar-refractivity contribution >= 4 is 16.5 Å². The highest BCUT2D eigenvalue weighted by Gasteiger charge is 2.15. The van der Waals surface area contributed by atoms with Crippen molar-refractivity contribution < 1.29 is 0 Å². The molecule has 0 aromatic carbocycles. The van der Waals surface area contributed by atoms with Crippen LogP contribution in [-0.4, -0.2) is 18.1 Å². The van der Waals surface area contributed by atoms with Crippen molar-refractivity contribution in [2.45, 2.75) is 41.2 Å². The predicted molar refractivity (Wildman–Crippen MR) is 76.6 cm³/mol. The Balaban J connectivity index is 2.87. The van der Waals surface area contributed by atoms with E-state index in [1.54, 1.807) is 11.3 Å². The fourth-order valence-corrected chi connectivity index (χ4v) is 2.81. The Bertz CT molecular complexity index is 334. The lowest BCUT2D eigenvalue weighted by Gasteiger charge is -2.25. The molecule has 0 saturated heterocycles. The second kappa shape index (κ2) is 6.36. The van der Waals surface area contributed by atoms with Gasteiger partial charge in [-0.05, 0) is 18.8 Å². The minimum Gasteiger partial charge on any atom is -0.348 e. The average Bonchev–Trinajstić information content (AvgIpc) is 2.57. The zero-order chi connectivity index (χ0) is 13.0. The van der Waals surface area contributed by atoms with E-state index >= 15 is 0 Å². The number of anilines is 1. The molecule has 0 atom stereocenters. The van der Waals surface area contributed by atoms with Crippen LogP contribution in [0.15, 0.2) is 0 Å². The number of thiazole rings is 1. The number of aromatic nitrogens is 1. The van der Waals surface area contributed by atoms with Crippen molar-refractivity contribution in [2.24, 2.45) is 17.6 Å². The van der Waals surface area contributed by atoms with Crippen molar-refractivity contribution in [1.29, 1.82) is 0 Å². The molecule has 1 heterocycles. The van der Waals surface area contributed by atoms with Gasteiger partial charge in [-0.3, -0.25) is 0 Å². The lowest BCUT2D eigenvalue weighted by atomic mass is 10.1. The van der Waals surface area contributed by atoms with Gasteiger partial charge in [0.15, 0.2) is 5.13 Å². The summed E-state index contributed by atoms with van der Waals surface area (Å²) < 4.78 is 0. The third-order valence-electron chi connectivity index (χ3n) is 2.51. The van der Waals surface area contributed by atoms with Gasteiger partial charge in [-0.2, -0.15) is 0 Å². The maximum absolute atomic E-state index is 5.72. The number of aryl methyl sites for hydroxylation is 1. The highest BCUT2D eigenvalue weighted by atomic mass is 32.1. The largest absolute Gasteiger partial charge is 0.348 e. The molecule has 98 valence electrons. The van der Waals surface area contributed by atoms with Crippen LogP contribution in [0.4, 0.5) is 5.13 Å². The van der Waals surface area contributed by atoms with Crippen LogP contribution in [0.1, 0.15) is 38.3 Å². The van der Waals surface area contributed by atoms with Crippen LogP contribution in [0, 0.1) is 18.8 Å². The van der Waals surface area contributed by atoms with E-state index in [4.69, 9.17) is 5.73 Å². The van der Waals surface area contributed by atoms with Gasteiger partial charge in [-0.15, -0.1) is 11.3 Å². The van der Waals surface area contributed by atoms with Crippen molar-refractivity contribution in [3.05, 3.63) is 10.6 Å². The van der Waals surface area contributed by atoms with Crippen molar-refractivity contribution in [3.8, 4) is 0 Å². The van der Waals surface area contributed by atoms with Gasteiger partial charge in [0, 0.05) is 24.5 Å². The van der Waals surface area contributed by atoms with Gasteiger partial charge in [-0.25, -0.2) is 4.98 Å². The minimum absolute atomic E-state index is 0.598. The van der Waals surface area contributed by atoms with Crippen LogP contribution in [0.25, 0.3) is 0 Å². The Morgan fingerprint density at radius 2 is 1.71 bits per heavy atom. The van der Waals surface area contributed by atoms with Crippen LogP contribution in [-0.2, 0) is 6.54 Å². The monoisotopic (exact) mass is 255 g/mol. The summed E-state index contributed by atoms with van der Waals surface area (Å²) in [6.45, 7) is 13.8. The predicted octanol–water partition coefficient (Wildman–Crippen LogP) is 3.03. The first-order chi connectivity index (χ1) is 7.93. The molecule has 0 unspecified atom stereocenters. The highest BCUT2D eigenvalue weighted by Crippen LogP contribution is 2.27. The maximum atomic E-state index is 5.72. The molecule has 0 aliphatic carbocycles. The van der Waals surface area contributed by atoms with E-state index < -0.39 is 0 Å². The summed E-state index contributed by atoms with van der Waals surface area (Å²) in [5, 5.41) is 1.13. The number of nitrogens with zero attached hydrogens (tertiary/aromatic N) is 2. The van der Waals surface area contributed by atoms with Gasteiger partial charge < -0.3 is 10.6 Å². The van der Waals surface area contributed by atoms with Gasteiger partial charge in [0.1, 0.15) is 0 Å². The summed E-state index contributed by atoms with van der Waals surface area (Å²) in [6.07, 6.45) is 0. The van der Waals surface area contributed by atoms with E-state index in [9.17, 15) is 0 Å². The van der Waals surface area contributed by atoms with Crippen LogP contribution < -0.4 is 10.6 Å². The van der Waals surface area contributed by atoms with Crippen LogP contribution in [0.2, 0.25) is 0 Å². The van der Waals surface area contributed by atoms with E-state index in [0.717, 1.165) is 23.9 Å². The Labute approximate surface area is 109 Å². The van der Waals surface area contributed by atoms with Gasteiger partial charge in [0.2, 0.25) is 0 Å². The van der Waals surface area contributed by atoms with E-state index in [1.165, 1.54) is 4.88 Å². The summed E-state index contributed by atoms with van der Waals surface area (Å²) in [5.74, 6) is 1.30. The second-order valence-electron chi connectivity index (χ2n) is 5.40. The lowest BCUT2D eigenvalue weighted by Crippen LogP contribution is -2.31. The molecule has 0 aliphatic rings. The molecule has 0 saturated carbocycles. The molecule has 1 aromatic rings. The second-order valence-corrected chi connectivity index (χ2v) is 6.46. The molecule has 1 rings (SSSR count). The summed E-state index contributed by atoms with van der Waals surface area (Å²) >= 11 is 1.74. The van der Waals surface area contributed by atoms with E-state index in [0.29, 0.717) is 18.4 Å². The molecule has 0 fully saturated rings. The summed E-state index contributed by atoms with van der Waals surface area (Å²) in [6, 6.07) is 0. The molecule has 0 aliphatic heterocycles. The first-order valence-corrected chi connectivity index (χ1v) is 7.17. The van der Waals surface area contributed by atoms with Crippen molar-refractivity contribution in [1.82, 2.24) is 4.98 Å². The summed E-state index contributed by atoms with van der Waals surface area (Å²) in [7, 11) is 0. The van der Waals surface area contributed by atoms with E-state index in [2.05, 4.69) is 37.6 Å². The number of nitrogens with two attached hydrogens (primary N) is 1. The lowest BCUT2D eigenvalue weighted by molar-refractivity contribution is 0.551. The number of rotatable bonds is 6. The molecule has 1 aromatic heterocycles. The molecule has 2 N–H and O–H groups in total. The molecular formula is C13H25N3S. The summed E-state index contributed by atoms with van der Waals surface area (Å²) in [5.41, 5.74) is 6.81. The zero-order valence-electron chi connectivity index (χ0n) is 11.7. The zero-order valence-corrected chi connectivity index (χ0v) is 12.5. The summed E-state index contributed by atoms with van der Waals surface area (Å²) in [4.78, 5) is 8.25. The molecule has 0 amide bonds. The Morgan fingerprint density at radius 1 is 1.18 bits per heavy atom. The Kier molecular flexibility index (Phi) is 5.40. The average molecular weight is 255 g/mol. The number of hydrogen-bond donors (Lipinski definition) is 1. The fraction of sp³-hybridized carbons (Fsp3) is 0.769. The van der Waals surface area contributed by atoms with Crippen LogP contribution in [0.5, 0.6) is 0 Å². The normalized spacial score (nSPS) is 11.5. The Hall–Kier alpha value is -0.610. The van der Waals surface area contributed by atoms with E-state index in [1.807, 2.05) is 6.92 Å². The van der Waals surface area contributed by atoms with Crippen LogP contribution >= 0.6 is 11.3 Å². The minimum atomic E-state index is 0.598. The van der Waals surface area contributed by atoms with Crippen molar-refractivity contribution in [2.75, 3.05) is 18.0 Å². The third-order valence-corrected chi connectivity index (χ3v) is 3.75. The van der Waals surface area contributed by atoms with Gasteiger partial charge in [0.05, 0.1) is 5.69 Å². The maximum Gasteiger partial charge on any atom is 0.185 e. The molecule has 4 heteroatoms. The highest BCUT2D eigenvalue weighted by molar-refractivity contribution is 7.15. The number of hydrogen-bond acceptors (Lipinski definition) is 4. The molecule has 0 radical (unpaired) electrons. The Morgan fingerprint density at radius 3 is 2.06 bits per heavy atom. The topological polar surface area (TPSA) is 42.2 Å². The van der Waals surface area contributed by atoms with E-state index in [-0.39, 0.29) is 0 Å². The van der Waals surface area contributed by atoms with Gasteiger partial charge >= 0.3 is 0 Å². The quantitative estimate of drug-likeness (QED) is 0.849. The smallest absolute Gasteiger partial charge is 0.185 e. The molecular weight excluding hydrogens is 230 g/mol. The standard InChI is InChI=1S/C13H25N3S/c1-9(2)7-16(8-10(3)4)13-15-11(5)12(6-14)17-13/h9-10H,6-8,14H2,1-5H3. The first kappa shape index (κ1) is 14.5. The molecule has 3 nitrogen and oxygen atoms in total. The van der Waals surface area contributed by atoms with Gasteiger partial charge in [0.25, 0.3) is 0 Å². The third kappa shape index (κ3) is 4.28. The molecule has 0 spiro atoms. The van der Waals surface area contributed by atoms with Gasteiger partial charge in [-0.1, -0.05) is 27.7 Å². The molecule has 0 bridgehead atoms. The fourth-order valence-electron chi connectivity index (χ4n) is 1.85.